The highest BCUT2D eigenvalue weighted by atomic mass is 35.5. The van der Waals surface area contributed by atoms with E-state index < -0.39 is 0 Å². The first-order valence-electron chi connectivity index (χ1n) is 9.47. The predicted octanol–water partition coefficient (Wildman–Crippen LogP) is 5.19. The number of ether oxygens (including phenoxy) is 1. The number of nitrogens with zero attached hydrogens (tertiary/aromatic N) is 3. The Kier molecular flexibility index (Phi) is 5.86. The molecule has 0 radical (unpaired) electrons. The summed E-state index contributed by atoms with van der Waals surface area (Å²) >= 11 is 6.08. The Morgan fingerprint density at radius 3 is 2.55 bits per heavy atom. The first-order chi connectivity index (χ1) is 14.2. The molecule has 1 aromatic heterocycles. The van der Waals surface area contributed by atoms with E-state index >= 15 is 0 Å². The predicted molar refractivity (Wildman–Crippen MR) is 114 cm³/mol. The maximum Gasteiger partial charge on any atom is 0.148 e. The van der Waals surface area contributed by atoms with Crippen molar-refractivity contribution in [3.05, 3.63) is 94.3 Å². The minimum atomic E-state index is 0.517. The minimum Gasteiger partial charge on any atom is -0.489 e. The molecule has 29 heavy (non-hydrogen) atoms. The summed E-state index contributed by atoms with van der Waals surface area (Å²) in [4.78, 5) is 0. The average Bonchev–Trinajstić information content (AvgIpc) is 3.25. The number of tetrazole rings is 1. The fourth-order valence-electron chi connectivity index (χ4n) is 3.25. The van der Waals surface area contributed by atoms with E-state index in [2.05, 4.69) is 70.0 Å². The number of benzene rings is 3. The van der Waals surface area contributed by atoms with Crippen molar-refractivity contribution in [3.8, 4) is 16.9 Å². The van der Waals surface area contributed by atoms with Crippen LogP contribution in [0.3, 0.4) is 0 Å². The van der Waals surface area contributed by atoms with Gasteiger partial charge in [0.05, 0.1) is 0 Å². The van der Waals surface area contributed by atoms with Crippen LogP contribution in [0.15, 0.2) is 66.7 Å². The van der Waals surface area contributed by atoms with Gasteiger partial charge in [0.15, 0.2) is 0 Å². The molecular weight excluding hydrogens is 384 g/mol. The Morgan fingerprint density at radius 2 is 1.79 bits per heavy atom. The number of H-pyrrole nitrogens is 1. The molecule has 5 nitrogen and oxygen atoms in total. The van der Waals surface area contributed by atoms with Gasteiger partial charge in [0, 0.05) is 11.4 Å². The second kappa shape index (κ2) is 8.88. The van der Waals surface area contributed by atoms with E-state index in [4.69, 9.17) is 16.3 Å². The zero-order valence-electron chi connectivity index (χ0n) is 16.1. The summed E-state index contributed by atoms with van der Waals surface area (Å²) in [6.45, 7) is 2.59. The molecular formula is C23H21ClN4O. The van der Waals surface area contributed by atoms with E-state index in [0.717, 1.165) is 46.1 Å². The Bertz CT molecular complexity index is 1080. The molecule has 0 saturated carbocycles. The first-order valence-corrected chi connectivity index (χ1v) is 9.85. The van der Waals surface area contributed by atoms with Gasteiger partial charge in [0.25, 0.3) is 0 Å². The average molecular weight is 405 g/mol. The number of nitrogens with one attached hydrogen (secondary N) is 1. The summed E-state index contributed by atoms with van der Waals surface area (Å²) in [5.74, 6) is 1.64. The lowest BCUT2D eigenvalue weighted by Crippen LogP contribution is -1.97. The molecule has 0 unspecified atom stereocenters. The lowest BCUT2D eigenvalue weighted by molar-refractivity contribution is 0.306. The third-order valence-electron chi connectivity index (χ3n) is 4.79. The number of aromatic nitrogens is 4. The SMILES string of the molecule is Cc1cc(Cl)ccc1-c1cccc(COc2ccc(CCc3nnn[nH]3)cc2)c1. The smallest absolute Gasteiger partial charge is 0.148 e. The molecule has 0 aliphatic heterocycles. The molecule has 1 N–H and O–H groups in total. The molecule has 4 rings (SSSR count). The molecule has 0 atom stereocenters. The number of halogens is 1. The highest BCUT2D eigenvalue weighted by Crippen LogP contribution is 2.27. The Hall–Kier alpha value is -3.18. The number of hydrogen-bond acceptors (Lipinski definition) is 4. The zero-order chi connectivity index (χ0) is 20.1. The van der Waals surface area contributed by atoms with Crippen molar-refractivity contribution >= 4 is 11.6 Å². The van der Waals surface area contributed by atoms with Crippen molar-refractivity contribution in [1.82, 2.24) is 20.6 Å². The van der Waals surface area contributed by atoms with Crippen LogP contribution in [0.1, 0.15) is 22.5 Å². The van der Waals surface area contributed by atoms with Crippen molar-refractivity contribution in [2.45, 2.75) is 26.4 Å². The van der Waals surface area contributed by atoms with Crippen LogP contribution in [0.25, 0.3) is 11.1 Å². The highest BCUT2D eigenvalue weighted by Gasteiger charge is 2.05. The van der Waals surface area contributed by atoms with E-state index in [1.54, 1.807) is 0 Å². The Labute approximate surface area is 174 Å². The monoisotopic (exact) mass is 404 g/mol. The van der Waals surface area contributed by atoms with Crippen LogP contribution in [0, 0.1) is 6.92 Å². The van der Waals surface area contributed by atoms with Gasteiger partial charge in [-0.3, -0.25) is 0 Å². The third kappa shape index (κ3) is 5.00. The number of aryl methyl sites for hydroxylation is 3. The van der Waals surface area contributed by atoms with E-state index in [1.165, 1.54) is 11.1 Å². The lowest BCUT2D eigenvalue weighted by Gasteiger charge is -2.10. The van der Waals surface area contributed by atoms with Gasteiger partial charge >= 0.3 is 0 Å². The first kappa shape index (κ1) is 19.2. The van der Waals surface area contributed by atoms with Crippen molar-refractivity contribution in [3.63, 3.8) is 0 Å². The van der Waals surface area contributed by atoms with E-state index in [9.17, 15) is 0 Å². The summed E-state index contributed by atoms with van der Waals surface area (Å²) in [5, 5.41) is 14.6. The van der Waals surface area contributed by atoms with Gasteiger partial charge < -0.3 is 4.74 Å². The second-order valence-corrected chi connectivity index (χ2v) is 7.38. The Morgan fingerprint density at radius 1 is 0.931 bits per heavy atom. The quantitative estimate of drug-likeness (QED) is 0.460. The summed E-state index contributed by atoms with van der Waals surface area (Å²) in [6.07, 6.45) is 1.66. The van der Waals surface area contributed by atoms with Crippen LogP contribution in [0.5, 0.6) is 5.75 Å². The van der Waals surface area contributed by atoms with Crippen LogP contribution in [0.4, 0.5) is 0 Å². The van der Waals surface area contributed by atoms with E-state index in [-0.39, 0.29) is 0 Å². The van der Waals surface area contributed by atoms with Crippen molar-refractivity contribution in [2.24, 2.45) is 0 Å². The van der Waals surface area contributed by atoms with Gasteiger partial charge in [0.1, 0.15) is 18.2 Å². The van der Waals surface area contributed by atoms with Crippen molar-refractivity contribution in [2.75, 3.05) is 0 Å². The minimum absolute atomic E-state index is 0.517. The molecule has 0 saturated heterocycles. The van der Waals surface area contributed by atoms with Gasteiger partial charge in [-0.2, -0.15) is 0 Å². The maximum atomic E-state index is 6.08. The van der Waals surface area contributed by atoms with Crippen LogP contribution in [-0.4, -0.2) is 20.6 Å². The largest absolute Gasteiger partial charge is 0.489 e. The third-order valence-corrected chi connectivity index (χ3v) is 5.03. The molecule has 1 heterocycles. The summed E-state index contributed by atoms with van der Waals surface area (Å²) in [5.41, 5.74) is 5.85. The maximum absolute atomic E-state index is 6.08. The molecule has 0 bridgehead atoms. The molecule has 146 valence electrons. The molecule has 0 aliphatic rings. The summed E-state index contributed by atoms with van der Waals surface area (Å²) in [6, 6.07) is 22.5. The molecule has 6 heteroatoms. The van der Waals surface area contributed by atoms with Gasteiger partial charge in [-0.15, -0.1) is 5.10 Å². The van der Waals surface area contributed by atoms with Crippen LogP contribution < -0.4 is 4.74 Å². The topological polar surface area (TPSA) is 63.7 Å². The van der Waals surface area contributed by atoms with Crippen LogP contribution >= 0.6 is 11.6 Å². The van der Waals surface area contributed by atoms with Crippen molar-refractivity contribution in [1.29, 1.82) is 0 Å². The normalized spacial score (nSPS) is 10.8. The lowest BCUT2D eigenvalue weighted by atomic mass is 9.99. The molecule has 0 fully saturated rings. The van der Waals surface area contributed by atoms with Gasteiger partial charge in [-0.05, 0) is 81.9 Å². The number of rotatable bonds is 7. The summed E-state index contributed by atoms with van der Waals surface area (Å²) < 4.78 is 5.98. The number of hydrogen-bond donors (Lipinski definition) is 1. The van der Waals surface area contributed by atoms with Gasteiger partial charge in [-0.25, -0.2) is 5.10 Å². The Balaban J connectivity index is 1.37. The van der Waals surface area contributed by atoms with Gasteiger partial charge in [0.2, 0.25) is 0 Å². The molecule has 0 spiro atoms. The molecule has 4 aromatic rings. The number of aromatic amines is 1. The molecule has 0 amide bonds. The van der Waals surface area contributed by atoms with Crippen LogP contribution in [0.2, 0.25) is 5.02 Å². The van der Waals surface area contributed by atoms with E-state index in [1.807, 2.05) is 24.3 Å². The standard InChI is InChI=1S/C23H21ClN4O/c1-16-13-20(24)8-11-22(16)19-4-2-3-18(14-19)15-29-21-9-5-17(6-10-21)7-12-23-25-27-28-26-23/h2-6,8-11,13-14H,7,12,15H2,1H3,(H,25,26,27,28). The fraction of sp³-hybridized carbons (Fsp3) is 0.174. The van der Waals surface area contributed by atoms with E-state index in [0.29, 0.717) is 6.61 Å². The summed E-state index contributed by atoms with van der Waals surface area (Å²) in [7, 11) is 0. The highest BCUT2D eigenvalue weighted by molar-refractivity contribution is 6.30. The zero-order valence-corrected chi connectivity index (χ0v) is 16.9. The fourth-order valence-corrected chi connectivity index (χ4v) is 3.47. The van der Waals surface area contributed by atoms with Gasteiger partial charge in [-0.1, -0.05) is 48.0 Å². The van der Waals surface area contributed by atoms with Crippen molar-refractivity contribution < 1.29 is 4.74 Å². The van der Waals surface area contributed by atoms with Crippen LogP contribution in [-0.2, 0) is 19.4 Å². The molecule has 3 aromatic carbocycles. The molecule has 0 aliphatic carbocycles. The second-order valence-electron chi connectivity index (χ2n) is 6.94.